The van der Waals surface area contributed by atoms with E-state index in [1.54, 1.807) is 66.7 Å². The number of furan rings is 1. The summed E-state index contributed by atoms with van der Waals surface area (Å²) < 4.78 is 6.86. The van der Waals surface area contributed by atoms with E-state index >= 15 is 0 Å². The van der Waals surface area contributed by atoms with E-state index in [0.717, 1.165) is 15.6 Å². The number of aryl methyl sites for hydroxylation is 1. The first-order valence-electron chi connectivity index (χ1n) is 10.3. The molecule has 1 N–H and O–H groups in total. The molecule has 33 heavy (non-hydrogen) atoms. The standard InChI is InChI=1S/C25H18N4O4/c1-15-18-12-11-17(13-21(18)33-24(15)23(31)16-7-3-2-4-8-16)26-22(30)14-29-25(32)19-9-5-6-10-20(19)27-28-29/h2-13H,14H2,1H3,(H,26,30). The second kappa shape index (κ2) is 8.16. The molecule has 1 amide bonds. The van der Waals surface area contributed by atoms with Gasteiger partial charge in [0.1, 0.15) is 17.6 Å². The molecule has 5 rings (SSSR count). The lowest BCUT2D eigenvalue weighted by molar-refractivity contribution is -0.117. The molecule has 0 fully saturated rings. The molecule has 3 aromatic carbocycles. The molecular weight excluding hydrogens is 420 g/mol. The number of amides is 1. The molecule has 0 aliphatic heterocycles. The predicted molar refractivity (Wildman–Crippen MR) is 123 cm³/mol. The van der Waals surface area contributed by atoms with Crippen LogP contribution in [0.25, 0.3) is 21.9 Å². The van der Waals surface area contributed by atoms with Crippen LogP contribution in [0.4, 0.5) is 5.69 Å². The molecule has 0 saturated carbocycles. The van der Waals surface area contributed by atoms with Crippen LogP contribution in [0.2, 0.25) is 0 Å². The number of benzene rings is 3. The van der Waals surface area contributed by atoms with Crippen LogP contribution in [0.15, 0.2) is 82.0 Å². The van der Waals surface area contributed by atoms with Crippen LogP contribution in [0.3, 0.4) is 0 Å². The third-order valence-electron chi connectivity index (χ3n) is 5.39. The number of ketones is 1. The smallest absolute Gasteiger partial charge is 0.278 e. The Kier molecular flexibility index (Phi) is 5.02. The van der Waals surface area contributed by atoms with Crippen molar-refractivity contribution in [2.45, 2.75) is 13.5 Å². The first-order chi connectivity index (χ1) is 16.0. The molecular formula is C25H18N4O4. The van der Waals surface area contributed by atoms with Crippen LogP contribution in [0.1, 0.15) is 21.7 Å². The van der Waals surface area contributed by atoms with Gasteiger partial charge in [0.05, 0.1) is 5.39 Å². The third-order valence-corrected chi connectivity index (χ3v) is 5.39. The lowest BCUT2D eigenvalue weighted by atomic mass is 10.0. The van der Waals surface area contributed by atoms with Crippen molar-refractivity contribution in [3.8, 4) is 0 Å². The van der Waals surface area contributed by atoms with E-state index in [2.05, 4.69) is 15.6 Å². The fourth-order valence-electron chi connectivity index (χ4n) is 3.70. The fourth-order valence-corrected chi connectivity index (χ4v) is 3.70. The zero-order chi connectivity index (χ0) is 22.9. The Balaban J connectivity index is 1.38. The van der Waals surface area contributed by atoms with Crippen molar-refractivity contribution in [3.05, 3.63) is 100 Å². The molecule has 0 aliphatic rings. The largest absolute Gasteiger partial charge is 0.452 e. The molecule has 0 bridgehead atoms. The number of hydrogen-bond donors (Lipinski definition) is 1. The molecule has 0 aliphatic carbocycles. The van der Waals surface area contributed by atoms with E-state index in [-0.39, 0.29) is 18.1 Å². The van der Waals surface area contributed by atoms with Gasteiger partial charge in [0, 0.05) is 28.3 Å². The van der Waals surface area contributed by atoms with Crippen LogP contribution in [0.5, 0.6) is 0 Å². The van der Waals surface area contributed by atoms with Crippen molar-refractivity contribution >= 4 is 39.2 Å². The minimum atomic E-state index is -0.440. The fraction of sp³-hybridized carbons (Fsp3) is 0.0800. The van der Waals surface area contributed by atoms with Crippen LogP contribution >= 0.6 is 0 Å². The number of anilines is 1. The molecule has 0 radical (unpaired) electrons. The van der Waals surface area contributed by atoms with Crippen molar-refractivity contribution in [1.29, 1.82) is 0 Å². The summed E-state index contributed by atoms with van der Waals surface area (Å²) in [4.78, 5) is 37.9. The highest BCUT2D eigenvalue weighted by atomic mass is 16.3. The van der Waals surface area contributed by atoms with E-state index in [1.165, 1.54) is 0 Å². The summed E-state index contributed by atoms with van der Waals surface area (Å²) in [5.41, 5.74) is 2.30. The Morgan fingerprint density at radius 2 is 1.73 bits per heavy atom. The summed E-state index contributed by atoms with van der Waals surface area (Å²) in [6, 6.07) is 20.9. The predicted octanol–water partition coefficient (Wildman–Crippen LogP) is 3.72. The van der Waals surface area contributed by atoms with E-state index in [0.29, 0.717) is 27.7 Å². The highest BCUT2D eigenvalue weighted by Crippen LogP contribution is 2.29. The highest BCUT2D eigenvalue weighted by molar-refractivity contribution is 6.10. The highest BCUT2D eigenvalue weighted by Gasteiger charge is 2.19. The van der Waals surface area contributed by atoms with Gasteiger partial charge in [-0.1, -0.05) is 47.7 Å². The van der Waals surface area contributed by atoms with Gasteiger partial charge in [-0.3, -0.25) is 14.4 Å². The molecule has 8 heteroatoms. The molecule has 2 heterocycles. The maximum absolute atomic E-state index is 12.8. The number of carbonyl (C=O) groups is 2. The molecule has 8 nitrogen and oxygen atoms in total. The summed E-state index contributed by atoms with van der Waals surface area (Å²) in [6.07, 6.45) is 0. The van der Waals surface area contributed by atoms with Gasteiger partial charge in [0.25, 0.3) is 5.56 Å². The Morgan fingerprint density at radius 3 is 2.55 bits per heavy atom. The van der Waals surface area contributed by atoms with Crippen molar-refractivity contribution in [2.75, 3.05) is 5.32 Å². The van der Waals surface area contributed by atoms with E-state index < -0.39 is 11.5 Å². The van der Waals surface area contributed by atoms with Gasteiger partial charge < -0.3 is 9.73 Å². The Morgan fingerprint density at radius 1 is 0.970 bits per heavy atom. The normalized spacial score (nSPS) is 11.1. The third kappa shape index (κ3) is 3.78. The topological polar surface area (TPSA) is 107 Å². The lowest BCUT2D eigenvalue weighted by Gasteiger charge is -2.07. The number of nitrogens with zero attached hydrogens (tertiary/aromatic N) is 3. The molecule has 0 atom stereocenters. The average molecular weight is 438 g/mol. The molecule has 2 aromatic heterocycles. The second-order valence-electron chi connectivity index (χ2n) is 7.58. The van der Waals surface area contributed by atoms with Crippen molar-refractivity contribution in [2.24, 2.45) is 0 Å². The summed E-state index contributed by atoms with van der Waals surface area (Å²) in [7, 11) is 0. The first kappa shape index (κ1) is 20.3. The maximum atomic E-state index is 12.8. The van der Waals surface area contributed by atoms with E-state index in [9.17, 15) is 14.4 Å². The van der Waals surface area contributed by atoms with Crippen LogP contribution in [0, 0.1) is 6.92 Å². The van der Waals surface area contributed by atoms with E-state index in [1.807, 2.05) is 13.0 Å². The minimum Gasteiger partial charge on any atom is -0.452 e. The van der Waals surface area contributed by atoms with Gasteiger partial charge >= 0.3 is 0 Å². The summed E-state index contributed by atoms with van der Waals surface area (Å²) in [5, 5.41) is 11.7. The van der Waals surface area contributed by atoms with Gasteiger partial charge in [-0.25, -0.2) is 4.68 Å². The summed E-state index contributed by atoms with van der Waals surface area (Å²) in [5.74, 6) is -0.383. The zero-order valence-electron chi connectivity index (χ0n) is 17.6. The number of aromatic nitrogens is 3. The number of nitrogens with one attached hydrogen (secondary N) is 1. The van der Waals surface area contributed by atoms with Crippen molar-refractivity contribution in [1.82, 2.24) is 15.0 Å². The Hall–Kier alpha value is -4.59. The monoisotopic (exact) mass is 438 g/mol. The lowest BCUT2D eigenvalue weighted by Crippen LogP contribution is -2.30. The van der Waals surface area contributed by atoms with Crippen molar-refractivity contribution in [3.63, 3.8) is 0 Å². The van der Waals surface area contributed by atoms with Gasteiger partial charge in [0.15, 0.2) is 5.76 Å². The summed E-state index contributed by atoms with van der Waals surface area (Å²) in [6.45, 7) is 1.54. The van der Waals surface area contributed by atoms with Gasteiger partial charge in [0.2, 0.25) is 11.7 Å². The summed E-state index contributed by atoms with van der Waals surface area (Å²) >= 11 is 0. The molecule has 5 aromatic rings. The maximum Gasteiger partial charge on any atom is 0.278 e. The van der Waals surface area contributed by atoms with Crippen LogP contribution in [-0.4, -0.2) is 26.7 Å². The zero-order valence-corrected chi connectivity index (χ0v) is 17.6. The molecule has 0 unspecified atom stereocenters. The SMILES string of the molecule is Cc1c(C(=O)c2ccccc2)oc2cc(NC(=O)Cn3nnc4ccccc4c3=O)ccc12. The van der Waals surface area contributed by atoms with Crippen LogP contribution in [-0.2, 0) is 11.3 Å². The molecule has 162 valence electrons. The van der Waals surface area contributed by atoms with Crippen molar-refractivity contribution < 1.29 is 14.0 Å². The van der Waals surface area contributed by atoms with Crippen LogP contribution < -0.4 is 10.9 Å². The molecule has 0 spiro atoms. The number of hydrogen-bond acceptors (Lipinski definition) is 6. The first-order valence-corrected chi connectivity index (χ1v) is 10.3. The van der Waals surface area contributed by atoms with Gasteiger partial charge in [-0.15, -0.1) is 5.10 Å². The number of carbonyl (C=O) groups excluding carboxylic acids is 2. The number of fused-ring (bicyclic) bond motifs is 2. The second-order valence-corrected chi connectivity index (χ2v) is 7.58. The average Bonchev–Trinajstić information content (AvgIpc) is 3.16. The van der Waals surface area contributed by atoms with Gasteiger partial charge in [-0.05, 0) is 31.2 Å². The van der Waals surface area contributed by atoms with E-state index in [4.69, 9.17) is 4.42 Å². The van der Waals surface area contributed by atoms with Gasteiger partial charge in [-0.2, -0.15) is 0 Å². The minimum absolute atomic E-state index is 0.205. The Labute approximate surface area is 187 Å². The Bertz CT molecular complexity index is 1590. The quantitative estimate of drug-likeness (QED) is 0.419. The molecule has 0 saturated heterocycles. The number of rotatable bonds is 5.